The van der Waals surface area contributed by atoms with Crippen molar-refractivity contribution >= 4 is 0 Å². The van der Waals surface area contributed by atoms with Gasteiger partial charge < -0.3 is 5.32 Å². The maximum atomic E-state index is 3.79. The van der Waals surface area contributed by atoms with E-state index in [9.17, 15) is 0 Å². The highest BCUT2D eigenvalue weighted by Gasteiger charge is 2.32. The zero-order valence-electron chi connectivity index (χ0n) is 8.34. The topological polar surface area (TPSA) is 12.0 Å². The molecule has 0 radical (unpaired) electrons. The molecular formula is C11H21N. The van der Waals surface area contributed by atoms with E-state index >= 15 is 0 Å². The molecule has 1 nitrogen and oxygen atoms in total. The summed E-state index contributed by atoms with van der Waals surface area (Å²) in [5.74, 6) is 1.82. The number of rotatable bonds is 2. The summed E-state index contributed by atoms with van der Waals surface area (Å²) in [4.78, 5) is 0. The van der Waals surface area contributed by atoms with Crippen LogP contribution < -0.4 is 5.32 Å². The van der Waals surface area contributed by atoms with Gasteiger partial charge in [-0.25, -0.2) is 0 Å². The Labute approximate surface area is 75.9 Å². The fraction of sp³-hybridized carbons (Fsp3) is 1.00. The van der Waals surface area contributed by atoms with Gasteiger partial charge in [0.05, 0.1) is 0 Å². The third kappa shape index (κ3) is 1.82. The molecule has 2 rings (SSSR count). The lowest BCUT2D eigenvalue weighted by molar-refractivity contribution is 0.207. The first kappa shape index (κ1) is 8.55. The smallest absolute Gasteiger partial charge is 0.0121 e. The van der Waals surface area contributed by atoms with E-state index in [1.54, 1.807) is 0 Å². The maximum Gasteiger partial charge on any atom is 0.0121 e. The van der Waals surface area contributed by atoms with Crippen LogP contribution >= 0.6 is 0 Å². The van der Waals surface area contributed by atoms with Crippen molar-refractivity contribution in [1.29, 1.82) is 0 Å². The molecule has 0 amide bonds. The van der Waals surface area contributed by atoms with Gasteiger partial charge in [-0.15, -0.1) is 0 Å². The third-order valence-corrected chi connectivity index (χ3v) is 3.55. The van der Waals surface area contributed by atoms with E-state index in [0.717, 1.165) is 23.9 Å². The van der Waals surface area contributed by atoms with E-state index in [-0.39, 0.29) is 0 Å². The number of nitrogens with one attached hydrogen (secondary N) is 1. The monoisotopic (exact) mass is 167 g/mol. The van der Waals surface area contributed by atoms with Crippen LogP contribution in [-0.2, 0) is 0 Å². The summed E-state index contributed by atoms with van der Waals surface area (Å²) in [7, 11) is 0. The Kier molecular flexibility index (Phi) is 2.40. The Hall–Kier alpha value is -0.0400. The minimum Gasteiger partial charge on any atom is -0.311 e. The molecule has 70 valence electrons. The summed E-state index contributed by atoms with van der Waals surface area (Å²) < 4.78 is 0. The molecule has 1 N–H and O–H groups in total. The molecule has 0 spiro atoms. The molecule has 2 aliphatic rings. The van der Waals surface area contributed by atoms with Gasteiger partial charge in [-0.3, -0.25) is 0 Å². The first-order valence-corrected chi connectivity index (χ1v) is 5.53. The second kappa shape index (κ2) is 3.37. The first-order valence-electron chi connectivity index (χ1n) is 5.53. The van der Waals surface area contributed by atoms with Crippen molar-refractivity contribution in [3.63, 3.8) is 0 Å². The number of hydrogen-bond donors (Lipinski definition) is 1. The van der Waals surface area contributed by atoms with Crippen LogP contribution in [-0.4, -0.2) is 12.1 Å². The summed E-state index contributed by atoms with van der Waals surface area (Å²) in [6.45, 7) is 4.82. The fourth-order valence-electron chi connectivity index (χ4n) is 2.53. The first-order chi connectivity index (χ1) is 5.77. The highest BCUT2D eigenvalue weighted by molar-refractivity contribution is 4.90. The highest BCUT2D eigenvalue weighted by atomic mass is 15.0. The van der Waals surface area contributed by atoms with Crippen molar-refractivity contribution < 1.29 is 0 Å². The SMILES string of the molecule is C[C@H]1CCC[C@H](C)C1NC1CC1. The van der Waals surface area contributed by atoms with Gasteiger partial charge in [-0.1, -0.05) is 20.3 Å². The highest BCUT2D eigenvalue weighted by Crippen LogP contribution is 2.31. The van der Waals surface area contributed by atoms with Crippen molar-refractivity contribution in [2.75, 3.05) is 0 Å². The van der Waals surface area contributed by atoms with Crippen LogP contribution in [0.1, 0.15) is 46.0 Å². The van der Waals surface area contributed by atoms with Gasteiger partial charge in [0.1, 0.15) is 0 Å². The molecule has 0 bridgehead atoms. The zero-order valence-corrected chi connectivity index (χ0v) is 8.34. The van der Waals surface area contributed by atoms with E-state index in [1.165, 1.54) is 32.1 Å². The third-order valence-electron chi connectivity index (χ3n) is 3.55. The summed E-state index contributed by atoms with van der Waals surface area (Å²) in [6.07, 6.45) is 7.18. The summed E-state index contributed by atoms with van der Waals surface area (Å²) in [6, 6.07) is 1.71. The Morgan fingerprint density at radius 1 is 0.917 bits per heavy atom. The van der Waals surface area contributed by atoms with Crippen LogP contribution in [0.15, 0.2) is 0 Å². The van der Waals surface area contributed by atoms with E-state index in [0.29, 0.717) is 0 Å². The average Bonchev–Trinajstić information content (AvgIpc) is 2.80. The van der Waals surface area contributed by atoms with E-state index in [2.05, 4.69) is 19.2 Å². The Morgan fingerprint density at radius 2 is 1.50 bits per heavy atom. The van der Waals surface area contributed by atoms with Crippen LogP contribution in [0.25, 0.3) is 0 Å². The molecule has 0 heterocycles. The minimum atomic E-state index is 0.825. The normalized spacial score (nSPS) is 38.5. The molecule has 2 aliphatic carbocycles. The molecule has 0 unspecified atom stereocenters. The van der Waals surface area contributed by atoms with Gasteiger partial charge in [0.15, 0.2) is 0 Å². The molecule has 0 aliphatic heterocycles. The van der Waals surface area contributed by atoms with Crippen LogP contribution in [0, 0.1) is 11.8 Å². The second-order valence-corrected chi connectivity index (χ2v) is 4.85. The largest absolute Gasteiger partial charge is 0.311 e. The molecule has 0 aromatic heterocycles. The van der Waals surface area contributed by atoms with Gasteiger partial charge in [0.2, 0.25) is 0 Å². The van der Waals surface area contributed by atoms with Crippen molar-refractivity contribution in [1.82, 2.24) is 5.32 Å². The lowest BCUT2D eigenvalue weighted by Gasteiger charge is -2.35. The summed E-state index contributed by atoms with van der Waals surface area (Å²) in [5.41, 5.74) is 0. The van der Waals surface area contributed by atoms with E-state index in [1.807, 2.05) is 0 Å². The van der Waals surface area contributed by atoms with Crippen LogP contribution in [0.4, 0.5) is 0 Å². The molecule has 2 fully saturated rings. The molecule has 0 saturated heterocycles. The predicted molar refractivity (Wildman–Crippen MR) is 52.1 cm³/mol. The predicted octanol–water partition coefficient (Wildman–Crippen LogP) is 2.56. The summed E-state index contributed by atoms with van der Waals surface area (Å²) >= 11 is 0. The molecule has 2 saturated carbocycles. The maximum absolute atomic E-state index is 3.79. The zero-order chi connectivity index (χ0) is 8.55. The van der Waals surface area contributed by atoms with E-state index in [4.69, 9.17) is 0 Å². The van der Waals surface area contributed by atoms with Gasteiger partial charge >= 0.3 is 0 Å². The van der Waals surface area contributed by atoms with Gasteiger partial charge in [-0.2, -0.15) is 0 Å². The van der Waals surface area contributed by atoms with Crippen molar-refractivity contribution in [3.05, 3.63) is 0 Å². The molecule has 2 atom stereocenters. The molecule has 12 heavy (non-hydrogen) atoms. The van der Waals surface area contributed by atoms with Gasteiger partial charge in [0, 0.05) is 12.1 Å². The Morgan fingerprint density at radius 3 is 2.00 bits per heavy atom. The lowest BCUT2D eigenvalue weighted by atomic mass is 9.79. The molecule has 0 aromatic rings. The second-order valence-electron chi connectivity index (χ2n) is 4.85. The van der Waals surface area contributed by atoms with Crippen LogP contribution in [0.5, 0.6) is 0 Å². The van der Waals surface area contributed by atoms with Crippen LogP contribution in [0.2, 0.25) is 0 Å². The molecule has 1 heteroatoms. The van der Waals surface area contributed by atoms with Crippen molar-refractivity contribution in [2.45, 2.75) is 58.0 Å². The molecule has 0 aromatic carbocycles. The quantitative estimate of drug-likeness (QED) is 0.666. The average molecular weight is 167 g/mol. The fourth-order valence-corrected chi connectivity index (χ4v) is 2.53. The Balaban J connectivity index is 1.88. The molecular weight excluding hydrogens is 146 g/mol. The standard InChI is InChI=1S/C11H21N/c1-8-4-3-5-9(2)11(8)12-10-6-7-10/h8-12H,3-7H2,1-2H3/t8-,9-/m0/s1. The van der Waals surface area contributed by atoms with Gasteiger partial charge in [0.25, 0.3) is 0 Å². The van der Waals surface area contributed by atoms with Crippen molar-refractivity contribution in [3.8, 4) is 0 Å². The van der Waals surface area contributed by atoms with Crippen LogP contribution in [0.3, 0.4) is 0 Å². The Bertz CT molecular complexity index is 141. The van der Waals surface area contributed by atoms with E-state index < -0.39 is 0 Å². The lowest BCUT2D eigenvalue weighted by Crippen LogP contribution is -2.43. The van der Waals surface area contributed by atoms with Gasteiger partial charge in [-0.05, 0) is 37.5 Å². The minimum absolute atomic E-state index is 0.825. The number of hydrogen-bond acceptors (Lipinski definition) is 1. The summed E-state index contributed by atoms with van der Waals surface area (Å²) in [5, 5.41) is 3.79. The van der Waals surface area contributed by atoms with Crippen molar-refractivity contribution in [2.24, 2.45) is 11.8 Å².